The molecule has 0 atom stereocenters. The van der Waals surface area contributed by atoms with Gasteiger partial charge in [-0.15, -0.1) is 0 Å². The molecule has 0 fully saturated rings. The quantitative estimate of drug-likeness (QED) is 0.221. The average Bonchev–Trinajstić information content (AvgIpc) is 2.98. The molecule has 0 radical (unpaired) electrons. The molecule has 1 amide bonds. The Balaban J connectivity index is 1.54. The topological polar surface area (TPSA) is 106 Å². The van der Waals surface area contributed by atoms with E-state index >= 15 is 0 Å². The smallest absolute Gasteiger partial charge is 0.339 e. The van der Waals surface area contributed by atoms with Crippen LogP contribution in [-0.4, -0.2) is 47.8 Å². The molecule has 4 aromatic rings. The molecule has 0 aliphatic rings. The fourth-order valence-electron chi connectivity index (χ4n) is 4.31. The molecule has 0 saturated carbocycles. The average molecular weight is 542 g/mol. The molecule has 8 nitrogen and oxygen atoms in total. The monoisotopic (exact) mass is 541 g/mol. The van der Waals surface area contributed by atoms with Crippen molar-refractivity contribution in [2.75, 3.05) is 20.8 Å². The first-order valence-electron chi connectivity index (χ1n) is 12.8. The molecule has 0 saturated heterocycles. The number of hydrogen-bond donors (Lipinski definition) is 2. The molecular formula is C32H31NO7. The largest absolute Gasteiger partial charge is 0.502 e. The zero-order valence-corrected chi connectivity index (χ0v) is 22.4. The Hall–Kier alpha value is -4.98. The molecule has 0 bridgehead atoms. The van der Waals surface area contributed by atoms with Gasteiger partial charge in [0.25, 0.3) is 5.91 Å². The minimum atomic E-state index is -1.07. The summed E-state index contributed by atoms with van der Waals surface area (Å²) in [7, 11) is 2.83. The van der Waals surface area contributed by atoms with E-state index in [0.29, 0.717) is 24.4 Å². The summed E-state index contributed by atoms with van der Waals surface area (Å²) in [5, 5.41) is 19.7. The highest BCUT2D eigenvalue weighted by Crippen LogP contribution is 2.37. The number of hydrogen-bond acceptors (Lipinski definition) is 6. The van der Waals surface area contributed by atoms with Gasteiger partial charge in [-0.3, -0.25) is 4.79 Å². The van der Waals surface area contributed by atoms with Crippen molar-refractivity contribution in [3.05, 3.63) is 113 Å². The van der Waals surface area contributed by atoms with Crippen molar-refractivity contribution in [2.24, 2.45) is 0 Å². The van der Waals surface area contributed by atoms with Gasteiger partial charge < -0.3 is 29.3 Å². The molecule has 2 N–H and O–H groups in total. The molecule has 0 spiro atoms. The summed E-state index contributed by atoms with van der Waals surface area (Å²) in [5.41, 5.74) is 2.45. The van der Waals surface area contributed by atoms with E-state index in [4.69, 9.17) is 14.2 Å². The number of carbonyl (C=O) groups excluding carboxylic acids is 1. The Bertz CT molecular complexity index is 1430. The van der Waals surface area contributed by atoms with E-state index in [9.17, 15) is 19.8 Å². The molecular weight excluding hydrogens is 510 g/mol. The lowest BCUT2D eigenvalue weighted by atomic mass is 10.1. The predicted molar refractivity (Wildman–Crippen MR) is 151 cm³/mol. The van der Waals surface area contributed by atoms with Gasteiger partial charge in [-0.2, -0.15) is 0 Å². The Morgan fingerprint density at radius 2 is 1.40 bits per heavy atom. The number of nitrogens with zero attached hydrogens (tertiary/aromatic N) is 1. The first-order valence-corrected chi connectivity index (χ1v) is 12.8. The van der Waals surface area contributed by atoms with Crippen LogP contribution in [0.5, 0.6) is 28.7 Å². The number of phenolic OH excluding ortho intramolecular Hbond substituents is 1. The number of para-hydroxylation sites is 1. The summed E-state index contributed by atoms with van der Waals surface area (Å²) < 4.78 is 16.3. The van der Waals surface area contributed by atoms with Crippen LogP contribution < -0.4 is 14.2 Å². The van der Waals surface area contributed by atoms with Gasteiger partial charge >= 0.3 is 5.97 Å². The van der Waals surface area contributed by atoms with Crippen LogP contribution in [-0.2, 0) is 13.0 Å². The molecule has 0 unspecified atom stereocenters. The number of aromatic hydroxyl groups is 1. The summed E-state index contributed by atoms with van der Waals surface area (Å²) in [6, 6.07) is 26.7. The van der Waals surface area contributed by atoms with Gasteiger partial charge in [0.15, 0.2) is 11.5 Å². The number of carboxylic acid groups (broad SMARTS) is 1. The third kappa shape index (κ3) is 6.91. The van der Waals surface area contributed by atoms with Crippen molar-refractivity contribution in [1.82, 2.24) is 4.90 Å². The van der Waals surface area contributed by atoms with Crippen molar-refractivity contribution in [1.29, 1.82) is 0 Å². The van der Waals surface area contributed by atoms with Crippen LogP contribution in [0.1, 0.15) is 38.3 Å². The number of ether oxygens (including phenoxy) is 3. The Labute approximate surface area is 233 Å². The minimum absolute atomic E-state index is 0.0709. The van der Waals surface area contributed by atoms with Crippen LogP contribution in [0.4, 0.5) is 0 Å². The number of aromatic carboxylic acids is 1. The molecule has 0 aliphatic carbocycles. The van der Waals surface area contributed by atoms with Gasteiger partial charge in [0, 0.05) is 18.7 Å². The van der Waals surface area contributed by atoms with Gasteiger partial charge in [0.2, 0.25) is 5.75 Å². The van der Waals surface area contributed by atoms with Crippen molar-refractivity contribution in [3.8, 4) is 28.7 Å². The lowest BCUT2D eigenvalue weighted by Gasteiger charge is -2.24. The van der Waals surface area contributed by atoms with Gasteiger partial charge in [0.05, 0.1) is 14.2 Å². The van der Waals surface area contributed by atoms with Crippen LogP contribution in [0.3, 0.4) is 0 Å². The second-order valence-corrected chi connectivity index (χ2v) is 9.09. The summed E-state index contributed by atoms with van der Waals surface area (Å²) in [6.45, 7) is 0.814. The summed E-state index contributed by atoms with van der Waals surface area (Å²) >= 11 is 0. The number of rotatable bonds is 12. The van der Waals surface area contributed by atoms with E-state index in [1.807, 2.05) is 30.3 Å². The maximum atomic E-state index is 13.7. The van der Waals surface area contributed by atoms with Gasteiger partial charge in [-0.25, -0.2) is 4.79 Å². The molecule has 40 heavy (non-hydrogen) atoms. The summed E-state index contributed by atoms with van der Waals surface area (Å²) in [6.07, 6.45) is 1.55. The molecule has 4 aromatic carbocycles. The van der Waals surface area contributed by atoms with Gasteiger partial charge in [0.1, 0.15) is 17.1 Å². The van der Waals surface area contributed by atoms with E-state index < -0.39 is 5.97 Å². The second-order valence-electron chi connectivity index (χ2n) is 9.09. The van der Waals surface area contributed by atoms with Gasteiger partial charge in [-0.1, -0.05) is 54.6 Å². The molecule has 0 heterocycles. The van der Waals surface area contributed by atoms with Crippen LogP contribution in [0.15, 0.2) is 91.0 Å². The van der Waals surface area contributed by atoms with Gasteiger partial charge in [-0.05, 0) is 60.4 Å². The molecule has 0 aliphatic heterocycles. The first-order chi connectivity index (χ1) is 19.4. The lowest BCUT2D eigenvalue weighted by molar-refractivity contribution is 0.0692. The van der Waals surface area contributed by atoms with Crippen LogP contribution in [0.2, 0.25) is 0 Å². The number of aryl methyl sites for hydroxylation is 1. The van der Waals surface area contributed by atoms with Crippen molar-refractivity contribution < 1.29 is 34.0 Å². The maximum absolute atomic E-state index is 13.7. The SMILES string of the molecule is COc1cc(C(=O)N(CCCc2ccccc2)Cc2ccc(Oc3ccccc3C(=O)O)cc2)cc(OC)c1O. The van der Waals surface area contributed by atoms with Crippen molar-refractivity contribution in [2.45, 2.75) is 19.4 Å². The second kappa shape index (κ2) is 13.2. The fourth-order valence-corrected chi connectivity index (χ4v) is 4.31. The third-order valence-electron chi connectivity index (χ3n) is 6.39. The van der Waals surface area contributed by atoms with E-state index in [2.05, 4.69) is 12.1 Å². The highest BCUT2D eigenvalue weighted by atomic mass is 16.5. The number of carbonyl (C=O) groups is 2. The normalized spacial score (nSPS) is 10.6. The molecule has 8 heteroatoms. The Kier molecular flexibility index (Phi) is 9.25. The number of phenols is 1. The highest BCUT2D eigenvalue weighted by molar-refractivity contribution is 5.95. The molecule has 4 rings (SSSR count). The highest BCUT2D eigenvalue weighted by Gasteiger charge is 2.21. The molecule has 206 valence electrons. The van der Waals surface area contributed by atoms with E-state index in [1.54, 1.807) is 35.2 Å². The zero-order valence-electron chi connectivity index (χ0n) is 22.4. The minimum Gasteiger partial charge on any atom is -0.502 e. The predicted octanol–water partition coefficient (Wildman–Crippen LogP) is 6.18. The van der Waals surface area contributed by atoms with Crippen molar-refractivity contribution in [3.63, 3.8) is 0 Å². The van der Waals surface area contributed by atoms with Crippen LogP contribution in [0, 0.1) is 0 Å². The number of methoxy groups -OCH3 is 2. The number of benzene rings is 4. The van der Waals surface area contributed by atoms with Crippen LogP contribution in [0.25, 0.3) is 0 Å². The maximum Gasteiger partial charge on any atom is 0.339 e. The fraction of sp³-hybridized carbons (Fsp3) is 0.188. The van der Waals surface area contributed by atoms with E-state index in [-0.39, 0.29) is 34.5 Å². The first kappa shape index (κ1) is 28.0. The molecule has 0 aromatic heterocycles. The lowest BCUT2D eigenvalue weighted by Crippen LogP contribution is -2.32. The summed E-state index contributed by atoms with van der Waals surface area (Å²) in [4.78, 5) is 26.9. The number of carboxylic acids is 1. The van der Waals surface area contributed by atoms with Crippen molar-refractivity contribution >= 4 is 11.9 Å². The standard InChI is InChI=1S/C32H31NO7/c1-38-28-19-24(20-29(39-2)30(28)34)31(35)33(18-8-11-22-9-4-3-5-10-22)21-23-14-16-25(17-15-23)40-27-13-7-6-12-26(27)32(36)37/h3-7,9-10,12-17,19-20,34H,8,11,18,21H2,1-2H3,(H,36,37). The Morgan fingerprint density at radius 1 is 0.775 bits per heavy atom. The number of amides is 1. The van der Waals surface area contributed by atoms with E-state index in [0.717, 1.165) is 18.4 Å². The van der Waals surface area contributed by atoms with Crippen LogP contribution >= 0.6 is 0 Å². The summed E-state index contributed by atoms with van der Waals surface area (Å²) in [5.74, 6) is -0.453. The third-order valence-corrected chi connectivity index (χ3v) is 6.39. The van der Waals surface area contributed by atoms with E-state index in [1.165, 1.54) is 38.0 Å². The Morgan fingerprint density at radius 3 is 2.02 bits per heavy atom. The zero-order chi connectivity index (χ0) is 28.5.